The molecule has 0 aliphatic heterocycles. The number of likely N-dealkylation sites (N-methyl/N-ethyl adjacent to an activating group) is 1. The second-order valence-corrected chi connectivity index (χ2v) is 6.66. The maximum atomic E-state index is 11.4. The highest BCUT2D eigenvalue weighted by Gasteiger charge is 2.17. The van der Waals surface area contributed by atoms with Gasteiger partial charge in [-0.25, -0.2) is 4.89 Å². The molecule has 0 saturated carbocycles. The molecule has 1 N–H and O–H groups in total. The van der Waals surface area contributed by atoms with Gasteiger partial charge in [0, 0.05) is 5.57 Å². The number of carbonyl (C=O) groups is 1. The van der Waals surface area contributed by atoms with Gasteiger partial charge >= 0.3 is 0 Å². The van der Waals surface area contributed by atoms with E-state index in [1.165, 1.54) is 13.8 Å². The third-order valence-corrected chi connectivity index (χ3v) is 2.78. The zero-order valence-corrected chi connectivity index (χ0v) is 13.4. The highest BCUT2D eigenvalue weighted by molar-refractivity contribution is 7.45. The topological polar surface area (TPSA) is 96.9 Å². The number of phosphoric acid groups is 1. The Bertz CT molecular complexity index is 393. The quantitative estimate of drug-likeness (QED) is 0.163. The van der Waals surface area contributed by atoms with Crippen LogP contribution in [0.15, 0.2) is 12.2 Å². The van der Waals surface area contributed by atoms with Crippen LogP contribution in [0.3, 0.4) is 0 Å². The molecule has 0 heterocycles. The van der Waals surface area contributed by atoms with Crippen molar-refractivity contribution in [3.8, 4) is 0 Å². The van der Waals surface area contributed by atoms with Gasteiger partial charge in [0.05, 0.1) is 21.1 Å². The molecule has 0 fully saturated rings. The molecule has 20 heavy (non-hydrogen) atoms. The Balaban J connectivity index is 4.06. The average molecular weight is 310 g/mol. The second-order valence-electron chi connectivity index (χ2n) is 5.36. The first-order valence-electron chi connectivity index (χ1n) is 6.00. The standard InChI is InChI=1S/C11H23N2O6P/c1-9(2)11(14)12-10(3)18-19-20(15,16)17-8-7-13(4,5)6/h10H,1,7-8H2,2-6H3,(H-,12,14,15,16). The first-order chi connectivity index (χ1) is 8.93. The van der Waals surface area contributed by atoms with Crippen LogP contribution in [-0.2, 0) is 23.4 Å². The number of nitrogens with one attached hydrogen (secondary N) is 1. The summed E-state index contributed by atoms with van der Waals surface area (Å²) < 4.78 is 20.7. The lowest BCUT2D eigenvalue weighted by atomic mass is 10.3. The lowest BCUT2D eigenvalue weighted by Crippen LogP contribution is -2.38. The summed E-state index contributed by atoms with van der Waals surface area (Å²) in [5.41, 5.74) is 0.268. The van der Waals surface area contributed by atoms with Crippen molar-refractivity contribution in [3.63, 3.8) is 0 Å². The second kappa shape index (κ2) is 7.87. The summed E-state index contributed by atoms with van der Waals surface area (Å²) in [7, 11) is 1.13. The number of phosphoric ester groups is 1. The molecule has 9 heteroatoms. The lowest BCUT2D eigenvalue weighted by molar-refractivity contribution is -0.870. The van der Waals surface area contributed by atoms with Gasteiger partial charge in [0.1, 0.15) is 13.2 Å². The molecular weight excluding hydrogens is 287 g/mol. The molecule has 0 aliphatic carbocycles. The van der Waals surface area contributed by atoms with Crippen LogP contribution in [0.5, 0.6) is 0 Å². The van der Waals surface area contributed by atoms with Crippen LogP contribution in [0.25, 0.3) is 0 Å². The summed E-state index contributed by atoms with van der Waals surface area (Å²) in [6.45, 7) is 6.80. The van der Waals surface area contributed by atoms with E-state index in [0.717, 1.165) is 0 Å². The number of hydrogen-bond donors (Lipinski definition) is 1. The Hall–Kier alpha value is -0.760. The van der Waals surface area contributed by atoms with Crippen LogP contribution in [-0.4, -0.2) is 50.9 Å². The van der Waals surface area contributed by atoms with Crippen molar-refractivity contribution in [1.82, 2.24) is 5.32 Å². The Morgan fingerprint density at radius 3 is 2.45 bits per heavy atom. The first kappa shape index (κ1) is 19.2. The van der Waals surface area contributed by atoms with Crippen molar-refractivity contribution in [2.45, 2.75) is 20.1 Å². The fourth-order valence-electron chi connectivity index (χ4n) is 0.897. The summed E-state index contributed by atoms with van der Waals surface area (Å²) in [6.07, 6.45) is -0.955. The number of rotatable bonds is 9. The average Bonchev–Trinajstić information content (AvgIpc) is 2.24. The molecule has 0 aliphatic rings. The summed E-state index contributed by atoms with van der Waals surface area (Å²) in [5, 5.41) is 2.33. The third-order valence-electron chi connectivity index (χ3n) is 2.01. The van der Waals surface area contributed by atoms with Gasteiger partial charge in [-0.2, -0.15) is 4.67 Å². The van der Waals surface area contributed by atoms with E-state index < -0.39 is 20.0 Å². The largest absolute Gasteiger partial charge is 0.754 e. The molecule has 2 atom stereocenters. The van der Waals surface area contributed by atoms with E-state index in [1.54, 1.807) is 0 Å². The van der Waals surface area contributed by atoms with Crippen LogP contribution in [0.2, 0.25) is 0 Å². The molecule has 0 aromatic carbocycles. The van der Waals surface area contributed by atoms with Gasteiger partial charge in [0.15, 0.2) is 6.23 Å². The van der Waals surface area contributed by atoms with Crippen molar-refractivity contribution in [2.24, 2.45) is 0 Å². The number of nitrogens with zero attached hydrogens (tertiary/aromatic N) is 1. The number of quaternary nitrogens is 1. The van der Waals surface area contributed by atoms with E-state index >= 15 is 0 Å². The minimum Gasteiger partial charge on any atom is -0.754 e. The van der Waals surface area contributed by atoms with Gasteiger partial charge in [-0.3, -0.25) is 9.36 Å². The Labute approximate surface area is 119 Å². The van der Waals surface area contributed by atoms with Crippen LogP contribution in [0.4, 0.5) is 0 Å². The van der Waals surface area contributed by atoms with Crippen molar-refractivity contribution < 1.29 is 32.8 Å². The summed E-state index contributed by atoms with van der Waals surface area (Å²) >= 11 is 0. The molecule has 0 radical (unpaired) electrons. The highest BCUT2D eigenvalue weighted by Crippen LogP contribution is 2.38. The van der Waals surface area contributed by atoms with Gasteiger partial charge in [0.25, 0.3) is 7.82 Å². The van der Waals surface area contributed by atoms with E-state index in [9.17, 15) is 14.3 Å². The van der Waals surface area contributed by atoms with E-state index in [-0.39, 0.29) is 12.2 Å². The molecule has 8 nitrogen and oxygen atoms in total. The third kappa shape index (κ3) is 10.1. The van der Waals surface area contributed by atoms with E-state index in [2.05, 4.69) is 26.0 Å². The molecular formula is C11H23N2O6P. The van der Waals surface area contributed by atoms with Gasteiger partial charge in [-0.1, -0.05) is 6.58 Å². The van der Waals surface area contributed by atoms with Crippen molar-refractivity contribution in [1.29, 1.82) is 0 Å². The zero-order chi connectivity index (χ0) is 16.0. The fourth-order valence-corrected chi connectivity index (χ4v) is 1.48. The Morgan fingerprint density at radius 2 is 2.00 bits per heavy atom. The summed E-state index contributed by atoms with van der Waals surface area (Å²) in [4.78, 5) is 27.1. The molecule has 118 valence electrons. The van der Waals surface area contributed by atoms with Crippen LogP contribution < -0.4 is 10.2 Å². The molecule has 0 aromatic rings. The maximum absolute atomic E-state index is 11.4. The minimum atomic E-state index is -4.56. The molecule has 0 rings (SSSR count). The van der Waals surface area contributed by atoms with Gasteiger partial charge in [0.2, 0.25) is 5.91 Å². The van der Waals surface area contributed by atoms with Gasteiger partial charge in [-0.05, 0) is 13.8 Å². The Kier molecular flexibility index (Phi) is 7.57. The van der Waals surface area contributed by atoms with Crippen molar-refractivity contribution in [2.75, 3.05) is 34.3 Å². The maximum Gasteiger partial charge on any atom is 0.298 e. The molecule has 2 unspecified atom stereocenters. The molecule has 0 aromatic heterocycles. The molecule has 0 saturated heterocycles. The van der Waals surface area contributed by atoms with Crippen LogP contribution in [0, 0.1) is 0 Å². The van der Waals surface area contributed by atoms with Gasteiger partial charge < -0.3 is 19.2 Å². The predicted molar refractivity (Wildman–Crippen MR) is 71.0 cm³/mol. The molecule has 1 amide bonds. The van der Waals surface area contributed by atoms with E-state index in [0.29, 0.717) is 11.0 Å². The normalized spacial score (nSPS) is 16.3. The molecule has 0 bridgehead atoms. The van der Waals surface area contributed by atoms with Crippen LogP contribution in [0.1, 0.15) is 13.8 Å². The monoisotopic (exact) mass is 310 g/mol. The number of hydrogen-bond acceptors (Lipinski definition) is 6. The highest BCUT2D eigenvalue weighted by atomic mass is 31.2. The molecule has 0 spiro atoms. The number of carbonyl (C=O) groups excluding carboxylic acids is 1. The number of amides is 1. The summed E-state index contributed by atoms with van der Waals surface area (Å²) in [5.74, 6) is -0.465. The van der Waals surface area contributed by atoms with E-state index in [4.69, 9.17) is 0 Å². The minimum absolute atomic E-state index is 0.0276. The smallest absolute Gasteiger partial charge is 0.298 e. The zero-order valence-electron chi connectivity index (χ0n) is 12.5. The van der Waals surface area contributed by atoms with Crippen LogP contribution >= 0.6 is 7.82 Å². The lowest BCUT2D eigenvalue weighted by Gasteiger charge is -2.27. The van der Waals surface area contributed by atoms with E-state index in [1.807, 2.05) is 21.1 Å². The van der Waals surface area contributed by atoms with Gasteiger partial charge in [-0.15, -0.1) is 0 Å². The summed E-state index contributed by atoms with van der Waals surface area (Å²) in [6, 6.07) is 0. The first-order valence-corrected chi connectivity index (χ1v) is 7.46. The van der Waals surface area contributed by atoms with Crippen molar-refractivity contribution in [3.05, 3.63) is 12.2 Å². The predicted octanol–water partition coefficient (Wildman–Crippen LogP) is 0.164. The Morgan fingerprint density at radius 1 is 1.45 bits per heavy atom. The SMILES string of the molecule is C=C(C)C(=O)NC(C)OOP(=O)([O-])OCC[N+](C)(C)C. The van der Waals surface area contributed by atoms with Crippen molar-refractivity contribution >= 4 is 13.7 Å². The fraction of sp³-hybridized carbons (Fsp3) is 0.727.